The van der Waals surface area contributed by atoms with Gasteiger partial charge in [0.15, 0.2) is 18.1 Å². The molecule has 0 fully saturated rings. The zero-order valence-corrected chi connectivity index (χ0v) is 17.2. The topological polar surface area (TPSA) is 95.1 Å². The van der Waals surface area contributed by atoms with E-state index in [0.29, 0.717) is 38.9 Å². The summed E-state index contributed by atoms with van der Waals surface area (Å²) in [7, 11) is 0. The maximum Gasteiger partial charge on any atom is 0.266 e. The van der Waals surface area contributed by atoms with Crippen molar-refractivity contribution in [1.82, 2.24) is 0 Å². The maximum atomic E-state index is 12.4. The van der Waals surface area contributed by atoms with Crippen molar-refractivity contribution in [3.63, 3.8) is 0 Å². The van der Waals surface area contributed by atoms with Gasteiger partial charge < -0.3 is 14.8 Å². The molecule has 0 radical (unpaired) electrons. The van der Waals surface area contributed by atoms with Crippen LogP contribution in [0, 0.1) is 22.7 Å². The Kier molecular flexibility index (Phi) is 7.88. The van der Waals surface area contributed by atoms with E-state index in [1.165, 1.54) is 6.08 Å². The Bertz CT molecular complexity index is 993. The molecule has 0 saturated heterocycles. The molecule has 0 bridgehead atoms. The summed E-state index contributed by atoms with van der Waals surface area (Å²) in [5.41, 5.74) is 0.923. The van der Waals surface area contributed by atoms with Gasteiger partial charge in [0, 0.05) is 15.2 Å². The average molecular weight is 461 g/mol. The molecule has 0 aliphatic heterocycles. The molecule has 1 amide bonds. The van der Waals surface area contributed by atoms with Gasteiger partial charge >= 0.3 is 0 Å². The fourth-order valence-corrected chi connectivity index (χ4v) is 2.85. The lowest BCUT2D eigenvalue weighted by molar-refractivity contribution is -0.112. The van der Waals surface area contributed by atoms with E-state index < -0.39 is 5.91 Å². The van der Waals surface area contributed by atoms with Crippen molar-refractivity contribution in [2.75, 3.05) is 18.5 Å². The molecule has 2 aromatic rings. The highest BCUT2D eigenvalue weighted by atomic mass is 79.9. The minimum absolute atomic E-state index is 0.103. The first kappa shape index (κ1) is 21.3. The van der Waals surface area contributed by atoms with Crippen molar-refractivity contribution in [3.8, 4) is 23.6 Å². The number of hydrogen-bond donors (Lipinski definition) is 1. The molecule has 2 rings (SSSR count). The van der Waals surface area contributed by atoms with E-state index in [9.17, 15) is 10.1 Å². The molecule has 0 unspecified atom stereocenters. The van der Waals surface area contributed by atoms with Crippen LogP contribution in [0.3, 0.4) is 0 Å². The van der Waals surface area contributed by atoms with Gasteiger partial charge in [0.2, 0.25) is 0 Å². The van der Waals surface area contributed by atoms with E-state index in [4.69, 9.17) is 26.3 Å². The van der Waals surface area contributed by atoms with Gasteiger partial charge in [-0.15, -0.1) is 0 Å². The third-order valence-corrected chi connectivity index (χ3v) is 4.32. The van der Waals surface area contributed by atoms with Crippen LogP contribution in [0.5, 0.6) is 11.5 Å². The zero-order chi connectivity index (χ0) is 20.5. The largest absolute Gasteiger partial charge is 0.490 e. The molecule has 0 aliphatic carbocycles. The summed E-state index contributed by atoms with van der Waals surface area (Å²) in [6.07, 6.45) is 1.43. The molecule has 142 valence electrons. The van der Waals surface area contributed by atoms with Gasteiger partial charge in [-0.1, -0.05) is 33.6 Å². The van der Waals surface area contributed by atoms with Crippen molar-refractivity contribution in [2.45, 2.75) is 6.92 Å². The Morgan fingerprint density at radius 2 is 2.00 bits per heavy atom. The lowest BCUT2D eigenvalue weighted by atomic mass is 10.1. The monoisotopic (exact) mass is 459 g/mol. The van der Waals surface area contributed by atoms with E-state index >= 15 is 0 Å². The van der Waals surface area contributed by atoms with Crippen LogP contribution in [0.2, 0.25) is 5.02 Å². The third-order valence-electron chi connectivity index (χ3n) is 3.40. The number of benzene rings is 2. The fraction of sp³-hybridized carbons (Fsp3) is 0.150. The van der Waals surface area contributed by atoms with Crippen LogP contribution in [0.4, 0.5) is 5.69 Å². The first-order valence-corrected chi connectivity index (χ1v) is 9.30. The SMILES string of the molecule is CCOc1cc(/C=C(\C#N)C(=O)Nc2cccc(Cl)c2)c(Br)cc1OCC#N. The van der Waals surface area contributed by atoms with Gasteiger partial charge in [0.1, 0.15) is 17.7 Å². The number of rotatable bonds is 7. The summed E-state index contributed by atoms with van der Waals surface area (Å²) < 4.78 is 11.5. The predicted octanol–water partition coefficient (Wildman–Crippen LogP) is 4.95. The van der Waals surface area contributed by atoms with Crippen molar-refractivity contribution in [1.29, 1.82) is 10.5 Å². The smallest absolute Gasteiger partial charge is 0.266 e. The highest BCUT2D eigenvalue weighted by Gasteiger charge is 2.14. The van der Waals surface area contributed by atoms with Gasteiger partial charge in [-0.3, -0.25) is 4.79 Å². The molecule has 0 atom stereocenters. The standard InChI is InChI=1S/C20H15BrClN3O3/c1-2-27-18-9-13(17(21)11-19(18)28-7-6-23)8-14(12-24)20(26)25-16-5-3-4-15(22)10-16/h3-5,8-11H,2,7H2,1H3,(H,25,26)/b14-8+. The van der Waals surface area contributed by atoms with Gasteiger partial charge in [-0.25, -0.2) is 0 Å². The summed E-state index contributed by atoms with van der Waals surface area (Å²) in [6, 6.07) is 13.7. The molecular formula is C20H15BrClN3O3. The predicted molar refractivity (Wildman–Crippen MR) is 110 cm³/mol. The molecule has 0 aromatic heterocycles. The van der Waals surface area contributed by atoms with Gasteiger partial charge in [0.05, 0.1) is 6.61 Å². The summed E-state index contributed by atoms with van der Waals surface area (Å²) in [6.45, 7) is 2.06. The first-order chi connectivity index (χ1) is 13.5. The third kappa shape index (κ3) is 5.75. The zero-order valence-electron chi connectivity index (χ0n) is 14.8. The van der Waals surface area contributed by atoms with Crippen LogP contribution >= 0.6 is 27.5 Å². The second-order valence-electron chi connectivity index (χ2n) is 5.33. The summed E-state index contributed by atoms with van der Waals surface area (Å²) in [5, 5.41) is 21.2. The Morgan fingerprint density at radius 3 is 2.64 bits per heavy atom. The molecule has 1 N–H and O–H groups in total. The number of anilines is 1. The van der Waals surface area contributed by atoms with Crippen LogP contribution in [0.15, 0.2) is 46.4 Å². The molecular weight excluding hydrogens is 446 g/mol. The minimum atomic E-state index is -0.570. The fourth-order valence-electron chi connectivity index (χ4n) is 2.22. The molecule has 8 heteroatoms. The van der Waals surface area contributed by atoms with E-state index in [1.54, 1.807) is 36.4 Å². The van der Waals surface area contributed by atoms with Gasteiger partial charge in [-0.2, -0.15) is 10.5 Å². The van der Waals surface area contributed by atoms with Crippen molar-refractivity contribution in [3.05, 3.63) is 57.0 Å². The molecule has 6 nitrogen and oxygen atoms in total. The minimum Gasteiger partial charge on any atom is -0.490 e. The van der Waals surface area contributed by atoms with E-state index in [2.05, 4.69) is 21.2 Å². The number of amides is 1. The highest BCUT2D eigenvalue weighted by molar-refractivity contribution is 9.10. The van der Waals surface area contributed by atoms with Crippen LogP contribution in [0.1, 0.15) is 12.5 Å². The van der Waals surface area contributed by atoms with Crippen molar-refractivity contribution >= 4 is 45.2 Å². The average Bonchev–Trinajstić information content (AvgIpc) is 2.66. The van der Waals surface area contributed by atoms with Crippen molar-refractivity contribution < 1.29 is 14.3 Å². The Hall–Kier alpha value is -3.00. The number of carbonyl (C=O) groups is 1. The number of halogens is 2. The second kappa shape index (κ2) is 10.4. The van der Waals surface area contributed by atoms with Crippen LogP contribution in [-0.2, 0) is 4.79 Å². The second-order valence-corrected chi connectivity index (χ2v) is 6.63. The van der Waals surface area contributed by atoms with E-state index in [0.717, 1.165) is 0 Å². The number of nitriles is 2. The molecule has 28 heavy (non-hydrogen) atoms. The molecule has 0 aliphatic rings. The normalized spacial score (nSPS) is 10.5. The number of hydrogen-bond acceptors (Lipinski definition) is 5. The van der Waals surface area contributed by atoms with Crippen molar-refractivity contribution in [2.24, 2.45) is 0 Å². The summed E-state index contributed by atoms with van der Waals surface area (Å²) in [5.74, 6) is 0.216. The number of carbonyl (C=O) groups excluding carboxylic acids is 1. The Balaban J connectivity index is 2.34. The lowest BCUT2D eigenvalue weighted by Crippen LogP contribution is -2.13. The molecule has 0 spiro atoms. The van der Waals surface area contributed by atoms with Crippen LogP contribution < -0.4 is 14.8 Å². The Morgan fingerprint density at radius 1 is 1.25 bits per heavy atom. The summed E-state index contributed by atoms with van der Waals surface area (Å²) in [4.78, 5) is 12.4. The van der Waals surface area contributed by atoms with Crippen LogP contribution in [0.25, 0.3) is 6.08 Å². The first-order valence-electron chi connectivity index (χ1n) is 8.13. The maximum absolute atomic E-state index is 12.4. The summed E-state index contributed by atoms with van der Waals surface area (Å²) >= 11 is 9.29. The van der Waals surface area contributed by atoms with E-state index in [1.807, 2.05) is 19.1 Å². The number of nitrogens with one attached hydrogen (secondary N) is 1. The number of ether oxygens (including phenoxy) is 2. The highest BCUT2D eigenvalue weighted by Crippen LogP contribution is 2.35. The van der Waals surface area contributed by atoms with Gasteiger partial charge in [0.25, 0.3) is 5.91 Å². The number of nitrogens with zero attached hydrogens (tertiary/aromatic N) is 2. The lowest BCUT2D eigenvalue weighted by Gasteiger charge is -2.12. The van der Waals surface area contributed by atoms with Crippen LogP contribution in [-0.4, -0.2) is 19.1 Å². The van der Waals surface area contributed by atoms with Gasteiger partial charge in [-0.05, 0) is 48.9 Å². The molecule has 0 heterocycles. The quantitative estimate of drug-likeness (QED) is 0.466. The molecule has 0 saturated carbocycles. The van der Waals surface area contributed by atoms with E-state index in [-0.39, 0.29) is 12.2 Å². The Labute approximate surface area is 176 Å². The molecule has 2 aromatic carbocycles.